The quantitative estimate of drug-likeness (QED) is 0.472. The van der Waals surface area contributed by atoms with Crippen molar-refractivity contribution in [1.82, 2.24) is 4.90 Å². The normalized spacial score (nSPS) is 17.9. The predicted octanol–water partition coefficient (Wildman–Crippen LogP) is 6.14. The minimum atomic E-state index is -0.604. The van der Waals surface area contributed by atoms with Gasteiger partial charge in [0.1, 0.15) is 0 Å². The average Bonchev–Trinajstić information content (AvgIpc) is 2.80. The van der Waals surface area contributed by atoms with Gasteiger partial charge in [-0.25, -0.2) is 4.85 Å². The van der Waals surface area contributed by atoms with Crippen molar-refractivity contribution in [3.8, 4) is 0 Å². The fourth-order valence-corrected chi connectivity index (χ4v) is 4.29. The molecule has 3 aromatic carbocycles. The second-order valence-electron chi connectivity index (χ2n) is 7.72. The lowest BCUT2D eigenvalue weighted by Gasteiger charge is -2.43. The molecule has 4 rings (SSSR count). The number of hydrogen-bond donors (Lipinski definition) is 1. The number of hydrogen-bond acceptors (Lipinski definition) is 3. The van der Waals surface area contributed by atoms with Gasteiger partial charge in [0.15, 0.2) is 5.69 Å². The van der Waals surface area contributed by atoms with Crippen molar-refractivity contribution in [3.63, 3.8) is 0 Å². The van der Waals surface area contributed by atoms with Gasteiger partial charge >= 0.3 is 0 Å². The summed E-state index contributed by atoms with van der Waals surface area (Å²) >= 11 is 12.2. The summed E-state index contributed by atoms with van der Waals surface area (Å²) in [6.07, 6.45) is -0.604. The van der Waals surface area contributed by atoms with E-state index in [9.17, 15) is 5.11 Å². The SMILES string of the molecule is [C-]#[N+]c1ccc([C@H](O)CN2CCN(c3ccc(Cl)cc3)[C@H](c3ccc(Cl)cc3)C2)cc1. The highest BCUT2D eigenvalue weighted by Crippen LogP contribution is 2.33. The number of anilines is 1. The lowest BCUT2D eigenvalue weighted by atomic mass is 10.0. The summed E-state index contributed by atoms with van der Waals surface area (Å²) < 4.78 is 0. The van der Waals surface area contributed by atoms with Gasteiger partial charge in [-0.05, 0) is 47.5 Å². The fourth-order valence-electron chi connectivity index (χ4n) is 4.04. The van der Waals surface area contributed by atoms with E-state index in [0.717, 1.165) is 35.9 Å². The molecule has 158 valence electrons. The monoisotopic (exact) mass is 451 g/mol. The van der Waals surface area contributed by atoms with Crippen molar-refractivity contribution in [2.75, 3.05) is 31.1 Å². The van der Waals surface area contributed by atoms with Gasteiger partial charge in [0, 0.05) is 41.9 Å². The lowest BCUT2D eigenvalue weighted by molar-refractivity contribution is 0.100. The Bertz CT molecular complexity index is 1050. The highest BCUT2D eigenvalue weighted by atomic mass is 35.5. The molecule has 0 aliphatic carbocycles. The molecule has 1 heterocycles. The number of aliphatic hydroxyl groups excluding tert-OH is 1. The van der Waals surface area contributed by atoms with Crippen LogP contribution < -0.4 is 4.90 Å². The van der Waals surface area contributed by atoms with E-state index in [0.29, 0.717) is 17.3 Å². The Balaban J connectivity index is 1.53. The number of piperazine rings is 1. The fraction of sp³-hybridized carbons (Fsp3) is 0.240. The van der Waals surface area contributed by atoms with Crippen LogP contribution in [0.2, 0.25) is 10.0 Å². The molecule has 0 radical (unpaired) electrons. The van der Waals surface area contributed by atoms with Crippen LogP contribution in [0, 0.1) is 6.57 Å². The van der Waals surface area contributed by atoms with Crippen molar-refractivity contribution in [1.29, 1.82) is 0 Å². The first-order valence-electron chi connectivity index (χ1n) is 10.2. The van der Waals surface area contributed by atoms with Crippen molar-refractivity contribution in [3.05, 3.63) is 105 Å². The summed E-state index contributed by atoms with van der Waals surface area (Å²) in [6.45, 7) is 10.1. The van der Waals surface area contributed by atoms with Crippen molar-refractivity contribution in [2.24, 2.45) is 0 Å². The second-order valence-corrected chi connectivity index (χ2v) is 8.59. The molecule has 3 aromatic rings. The standard InChI is InChI=1S/C25H23Cl2N3O/c1-28-22-10-4-19(5-11-22)25(31)17-29-14-15-30(23-12-8-21(27)9-13-23)24(16-29)18-2-6-20(26)7-3-18/h2-13,24-25,31H,14-17H2/t24-,25+/m0/s1. The zero-order valence-corrected chi connectivity index (χ0v) is 18.5. The molecule has 1 aliphatic heterocycles. The summed E-state index contributed by atoms with van der Waals surface area (Å²) in [5, 5.41) is 12.2. The molecule has 6 heteroatoms. The van der Waals surface area contributed by atoms with Crippen LogP contribution in [0.3, 0.4) is 0 Å². The molecule has 0 saturated carbocycles. The third-order valence-corrected chi connectivity index (χ3v) is 6.22. The van der Waals surface area contributed by atoms with Crippen LogP contribution in [0.5, 0.6) is 0 Å². The molecular formula is C25H23Cl2N3O. The summed E-state index contributed by atoms with van der Waals surface area (Å²) in [5.74, 6) is 0. The van der Waals surface area contributed by atoms with Gasteiger partial charge in [0.2, 0.25) is 0 Å². The Labute approximate surface area is 193 Å². The molecule has 2 atom stereocenters. The van der Waals surface area contributed by atoms with Crippen LogP contribution in [0.25, 0.3) is 4.85 Å². The predicted molar refractivity (Wildman–Crippen MR) is 127 cm³/mol. The van der Waals surface area contributed by atoms with Gasteiger partial charge in [-0.3, -0.25) is 4.90 Å². The van der Waals surface area contributed by atoms with Gasteiger partial charge in [-0.15, -0.1) is 0 Å². The molecule has 4 nitrogen and oxygen atoms in total. The number of aliphatic hydroxyl groups is 1. The topological polar surface area (TPSA) is 31.1 Å². The van der Waals surface area contributed by atoms with Gasteiger partial charge in [0.05, 0.1) is 18.7 Å². The van der Waals surface area contributed by atoms with E-state index in [1.807, 2.05) is 36.4 Å². The van der Waals surface area contributed by atoms with E-state index in [1.54, 1.807) is 12.1 Å². The van der Waals surface area contributed by atoms with E-state index in [1.165, 1.54) is 5.56 Å². The maximum atomic E-state index is 10.8. The second kappa shape index (κ2) is 9.72. The zero-order valence-electron chi connectivity index (χ0n) is 17.0. The van der Waals surface area contributed by atoms with Crippen LogP contribution in [-0.4, -0.2) is 36.2 Å². The van der Waals surface area contributed by atoms with Crippen LogP contribution in [0.1, 0.15) is 23.3 Å². The molecule has 1 N–H and O–H groups in total. The minimum Gasteiger partial charge on any atom is -0.387 e. The van der Waals surface area contributed by atoms with Crippen LogP contribution in [0.4, 0.5) is 11.4 Å². The Morgan fingerprint density at radius 1 is 0.903 bits per heavy atom. The molecular weight excluding hydrogens is 429 g/mol. The lowest BCUT2D eigenvalue weighted by Crippen LogP contribution is -2.49. The van der Waals surface area contributed by atoms with Crippen LogP contribution >= 0.6 is 23.2 Å². The van der Waals surface area contributed by atoms with Gasteiger partial charge in [-0.1, -0.05) is 59.6 Å². The Morgan fingerprint density at radius 3 is 2.13 bits per heavy atom. The number of rotatable bonds is 5. The summed E-state index contributed by atoms with van der Waals surface area (Å²) in [6, 6.07) is 23.2. The Hall–Kier alpha value is -2.55. The molecule has 0 amide bonds. The van der Waals surface area contributed by atoms with Crippen molar-refractivity contribution < 1.29 is 5.11 Å². The first-order valence-corrected chi connectivity index (χ1v) is 10.9. The van der Waals surface area contributed by atoms with Crippen molar-refractivity contribution >= 4 is 34.6 Å². The average molecular weight is 452 g/mol. The highest BCUT2D eigenvalue weighted by Gasteiger charge is 2.29. The maximum absolute atomic E-state index is 10.8. The smallest absolute Gasteiger partial charge is 0.187 e. The third-order valence-electron chi connectivity index (χ3n) is 5.72. The van der Waals surface area contributed by atoms with Crippen LogP contribution in [0.15, 0.2) is 72.8 Å². The van der Waals surface area contributed by atoms with Gasteiger partial charge < -0.3 is 10.0 Å². The molecule has 31 heavy (non-hydrogen) atoms. The first kappa shape index (κ1) is 21.7. The van der Waals surface area contributed by atoms with E-state index in [4.69, 9.17) is 29.8 Å². The van der Waals surface area contributed by atoms with Crippen LogP contribution in [-0.2, 0) is 0 Å². The number of β-amino-alcohol motifs (C(OH)–C–C–N with tert-alkyl or cyclic N) is 1. The Kier molecular flexibility index (Phi) is 6.80. The zero-order chi connectivity index (χ0) is 21.8. The summed E-state index contributed by atoms with van der Waals surface area (Å²) in [4.78, 5) is 8.09. The van der Waals surface area contributed by atoms with Crippen molar-refractivity contribution in [2.45, 2.75) is 12.1 Å². The maximum Gasteiger partial charge on any atom is 0.187 e. The molecule has 0 bridgehead atoms. The van der Waals surface area contributed by atoms with E-state index in [-0.39, 0.29) is 6.04 Å². The molecule has 1 fully saturated rings. The number of benzene rings is 3. The summed E-state index contributed by atoms with van der Waals surface area (Å²) in [5.41, 5.74) is 3.71. The summed E-state index contributed by atoms with van der Waals surface area (Å²) in [7, 11) is 0. The van der Waals surface area contributed by atoms with E-state index >= 15 is 0 Å². The number of nitrogens with zero attached hydrogens (tertiary/aromatic N) is 3. The first-order chi connectivity index (χ1) is 15.0. The molecule has 0 unspecified atom stereocenters. The molecule has 0 aromatic heterocycles. The third kappa shape index (κ3) is 5.20. The largest absolute Gasteiger partial charge is 0.387 e. The van der Waals surface area contributed by atoms with Gasteiger partial charge in [-0.2, -0.15) is 0 Å². The van der Waals surface area contributed by atoms with E-state index < -0.39 is 6.10 Å². The molecule has 0 spiro atoms. The Morgan fingerprint density at radius 2 is 1.52 bits per heavy atom. The number of halogens is 2. The van der Waals surface area contributed by atoms with E-state index in [2.05, 4.69) is 38.9 Å². The minimum absolute atomic E-state index is 0.129. The molecule has 1 aliphatic rings. The molecule has 1 saturated heterocycles. The van der Waals surface area contributed by atoms with Gasteiger partial charge in [0.25, 0.3) is 0 Å². The highest BCUT2D eigenvalue weighted by molar-refractivity contribution is 6.30.